The molecule has 0 aliphatic rings. The summed E-state index contributed by atoms with van der Waals surface area (Å²) >= 11 is 11.4. The molecular formula is C25H28ClN7O3S. The van der Waals surface area contributed by atoms with Gasteiger partial charge in [0.1, 0.15) is 11.4 Å². The Kier molecular flexibility index (Phi) is 10.9. The third kappa shape index (κ3) is 9.54. The number of amides is 1. The minimum absolute atomic E-state index is 0.0171. The van der Waals surface area contributed by atoms with Gasteiger partial charge in [-0.2, -0.15) is 4.98 Å². The number of hydrogen-bond donors (Lipinski definition) is 6. The van der Waals surface area contributed by atoms with Gasteiger partial charge in [0.05, 0.1) is 17.1 Å². The summed E-state index contributed by atoms with van der Waals surface area (Å²) < 4.78 is 0. The molecule has 0 saturated heterocycles. The number of carbonyl (C=O) groups is 2. The van der Waals surface area contributed by atoms with Gasteiger partial charge < -0.3 is 31.7 Å². The summed E-state index contributed by atoms with van der Waals surface area (Å²) in [5, 5.41) is 24.6. The van der Waals surface area contributed by atoms with Gasteiger partial charge in [-0.25, -0.2) is 4.98 Å². The van der Waals surface area contributed by atoms with Crippen LogP contribution in [-0.2, 0) is 11.3 Å². The average molecular weight is 542 g/mol. The number of rotatable bonds is 13. The van der Waals surface area contributed by atoms with Crippen molar-refractivity contribution < 1.29 is 14.7 Å². The summed E-state index contributed by atoms with van der Waals surface area (Å²) in [6.07, 6.45) is 2.11. The van der Waals surface area contributed by atoms with E-state index in [9.17, 15) is 9.59 Å². The molecule has 37 heavy (non-hydrogen) atoms. The number of para-hydroxylation sites is 1. The summed E-state index contributed by atoms with van der Waals surface area (Å²) in [7, 11) is 0. The number of nitrogens with zero attached hydrogens (tertiary/aromatic N) is 2. The van der Waals surface area contributed by atoms with Gasteiger partial charge in [0, 0.05) is 32.4 Å². The SMILES string of the molecule is O=C(O)CCNC(=S)NCCCNc1nc(Nc2ccccc2Cl)ncc1C(=O)NCc1ccccc1. The van der Waals surface area contributed by atoms with Crippen molar-refractivity contribution in [3.63, 3.8) is 0 Å². The second-order valence-electron chi connectivity index (χ2n) is 7.84. The van der Waals surface area contributed by atoms with E-state index < -0.39 is 5.97 Å². The van der Waals surface area contributed by atoms with Gasteiger partial charge in [-0.3, -0.25) is 9.59 Å². The quantitative estimate of drug-likeness (QED) is 0.141. The Hall–Kier alpha value is -3.96. The maximum absolute atomic E-state index is 12.9. The van der Waals surface area contributed by atoms with E-state index in [4.69, 9.17) is 28.9 Å². The highest BCUT2D eigenvalue weighted by atomic mass is 35.5. The van der Waals surface area contributed by atoms with Crippen LogP contribution >= 0.6 is 23.8 Å². The molecule has 0 unspecified atom stereocenters. The Bertz CT molecular complexity index is 1210. The van der Waals surface area contributed by atoms with Gasteiger partial charge in [0.2, 0.25) is 5.95 Å². The Labute approximate surface area is 225 Å². The van der Waals surface area contributed by atoms with Gasteiger partial charge >= 0.3 is 5.97 Å². The van der Waals surface area contributed by atoms with E-state index in [2.05, 4.69) is 36.6 Å². The molecule has 2 aromatic carbocycles. The lowest BCUT2D eigenvalue weighted by molar-refractivity contribution is -0.136. The number of carboxylic acid groups (broad SMARTS) is 1. The van der Waals surface area contributed by atoms with E-state index in [1.165, 1.54) is 6.20 Å². The monoisotopic (exact) mass is 541 g/mol. The molecule has 1 heterocycles. The van der Waals surface area contributed by atoms with Crippen molar-refractivity contribution in [2.24, 2.45) is 0 Å². The number of aliphatic carboxylic acids is 1. The Balaban J connectivity index is 1.61. The molecule has 0 saturated carbocycles. The highest BCUT2D eigenvalue weighted by Gasteiger charge is 2.15. The maximum atomic E-state index is 12.9. The summed E-state index contributed by atoms with van der Waals surface area (Å²) in [6, 6.07) is 16.8. The fourth-order valence-electron chi connectivity index (χ4n) is 3.14. The predicted molar refractivity (Wildman–Crippen MR) is 148 cm³/mol. The lowest BCUT2D eigenvalue weighted by Gasteiger charge is -2.14. The molecule has 0 radical (unpaired) electrons. The van der Waals surface area contributed by atoms with Crippen molar-refractivity contribution in [1.29, 1.82) is 0 Å². The van der Waals surface area contributed by atoms with E-state index in [0.717, 1.165) is 5.56 Å². The summed E-state index contributed by atoms with van der Waals surface area (Å²) in [6.45, 7) is 1.65. The third-order valence-corrected chi connectivity index (χ3v) is 5.62. The first-order valence-electron chi connectivity index (χ1n) is 11.6. The minimum Gasteiger partial charge on any atom is -0.481 e. The van der Waals surface area contributed by atoms with Crippen molar-refractivity contribution >= 4 is 58.3 Å². The number of thiocarbonyl (C=S) groups is 1. The highest BCUT2D eigenvalue weighted by molar-refractivity contribution is 7.80. The molecule has 3 aromatic rings. The second-order valence-corrected chi connectivity index (χ2v) is 8.65. The number of hydrogen-bond acceptors (Lipinski definition) is 7. The van der Waals surface area contributed by atoms with E-state index in [0.29, 0.717) is 53.3 Å². The van der Waals surface area contributed by atoms with Gasteiger partial charge in [-0.05, 0) is 36.3 Å². The molecular weight excluding hydrogens is 514 g/mol. The topological polar surface area (TPSA) is 140 Å². The number of benzene rings is 2. The third-order valence-electron chi connectivity index (χ3n) is 5.01. The van der Waals surface area contributed by atoms with Crippen LogP contribution in [0.15, 0.2) is 60.8 Å². The molecule has 10 nitrogen and oxygen atoms in total. The lowest BCUT2D eigenvalue weighted by atomic mass is 10.2. The molecule has 3 rings (SSSR count). The molecule has 0 fully saturated rings. The molecule has 6 N–H and O–H groups in total. The van der Waals surface area contributed by atoms with Crippen LogP contribution in [0, 0.1) is 0 Å². The molecule has 0 aliphatic heterocycles. The summed E-state index contributed by atoms with van der Waals surface area (Å²) in [5.74, 6) is -0.539. The fraction of sp³-hybridized carbons (Fsp3) is 0.240. The van der Waals surface area contributed by atoms with Crippen LogP contribution in [0.4, 0.5) is 17.5 Å². The van der Waals surface area contributed by atoms with Gasteiger partial charge in [0.25, 0.3) is 5.91 Å². The first-order valence-corrected chi connectivity index (χ1v) is 12.4. The first kappa shape index (κ1) is 27.6. The average Bonchev–Trinajstić information content (AvgIpc) is 2.89. The zero-order valence-corrected chi connectivity index (χ0v) is 21.5. The molecule has 0 spiro atoms. The van der Waals surface area contributed by atoms with Crippen LogP contribution in [0.1, 0.15) is 28.8 Å². The second kappa shape index (κ2) is 14.6. The number of carbonyl (C=O) groups excluding carboxylic acids is 1. The maximum Gasteiger partial charge on any atom is 0.305 e. The van der Waals surface area contributed by atoms with Crippen LogP contribution in [0.25, 0.3) is 0 Å². The van der Waals surface area contributed by atoms with Crippen LogP contribution in [0.5, 0.6) is 0 Å². The van der Waals surface area contributed by atoms with Gasteiger partial charge in [0.15, 0.2) is 5.11 Å². The van der Waals surface area contributed by atoms with Gasteiger partial charge in [-0.15, -0.1) is 0 Å². The zero-order chi connectivity index (χ0) is 26.5. The molecule has 12 heteroatoms. The van der Waals surface area contributed by atoms with Crippen molar-refractivity contribution in [3.05, 3.63) is 76.9 Å². The first-order chi connectivity index (χ1) is 17.9. The molecule has 0 bridgehead atoms. The number of halogens is 1. The molecule has 1 amide bonds. The van der Waals surface area contributed by atoms with E-state index >= 15 is 0 Å². The Morgan fingerprint density at radius 2 is 1.68 bits per heavy atom. The largest absolute Gasteiger partial charge is 0.481 e. The smallest absolute Gasteiger partial charge is 0.305 e. The van der Waals surface area contributed by atoms with Crippen LogP contribution < -0.4 is 26.6 Å². The lowest BCUT2D eigenvalue weighted by Crippen LogP contribution is -2.37. The van der Waals surface area contributed by atoms with E-state index in [1.54, 1.807) is 12.1 Å². The molecule has 0 atom stereocenters. The van der Waals surface area contributed by atoms with Crippen LogP contribution in [0.3, 0.4) is 0 Å². The highest BCUT2D eigenvalue weighted by Crippen LogP contribution is 2.24. The number of carboxylic acids is 1. The van der Waals surface area contributed by atoms with Crippen molar-refractivity contribution in [1.82, 2.24) is 25.9 Å². The number of aromatic nitrogens is 2. The summed E-state index contributed by atoms with van der Waals surface area (Å²) in [5.41, 5.74) is 1.92. The van der Waals surface area contributed by atoms with Crippen molar-refractivity contribution in [2.45, 2.75) is 19.4 Å². The molecule has 1 aromatic heterocycles. The van der Waals surface area contributed by atoms with Crippen molar-refractivity contribution in [3.8, 4) is 0 Å². The van der Waals surface area contributed by atoms with Gasteiger partial charge in [-0.1, -0.05) is 54.1 Å². The predicted octanol–water partition coefficient (Wildman–Crippen LogP) is 3.54. The van der Waals surface area contributed by atoms with E-state index in [-0.39, 0.29) is 24.8 Å². The Morgan fingerprint density at radius 3 is 2.43 bits per heavy atom. The normalized spacial score (nSPS) is 10.3. The van der Waals surface area contributed by atoms with Crippen LogP contribution in [0.2, 0.25) is 5.02 Å². The van der Waals surface area contributed by atoms with E-state index in [1.807, 2.05) is 42.5 Å². The molecule has 194 valence electrons. The zero-order valence-electron chi connectivity index (χ0n) is 20.0. The fourth-order valence-corrected chi connectivity index (χ4v) is 3.53. The number of nitrogens with one attached hydrogen (secondary N) is 5. The van der Waals surface area contributed by atoms with Crippen molar-refractivity contribution in [2.75, 3.05) is 30.3 Å². The minimum atomic E-state index is -0.892. The Morgan fingerprint density at radius 1 is 0.946 bits per heavy atom. The molecule has 0 aliphatic carbocycles. The number of anilines is 3. The van der Waals surface area contributed by atoms with Crippen LogP contribution in [-0.4, -0.2) is 51.7 Å². The standard InChI is InChI=1S/C25H28ClN7O3S/c26-19-9-4-5-10-20(19)32-24-31-16-18(23(36)30-15-17-7-2-1-3-8-17)22(33-24)27-12-6-13-28-25(37)29-14-11-21(34)35/h1-5,7-10,16H,6,11-15H2,(H,30,36)(H,34,35)(H2,28,29,37)(H2,27,31,32,33). The summed E-state index contributed by atoms with van der Waals surface area (Å²) in [4.78, 5) is 32.3.